The molecule has 7 heteroatoms. The Morgan fingerprint density at radius 3 is 2.91 bits per heavy atom. The number of ether oxygens (including phenoxy) is 1. The van der Waals surface area contributed by atoms with Crippen LogP contribution in [0.2, 0.25) is 0 Å². The van der Waals surface area contributed by atoms with Gasteiger partial charge in [-0.2, -0.15) is 0 Å². The van der Waals surface area contributed by atoms with E-state index in [2.05, 4.69) is 15.2 Å². The van der Waals surface area contributed by atoms with Crippen molar-refractivity contribution in [3.05, 3.63) is 29.6 Å². The minimum Gasteiger partial charge on any atom is -0.462 e. The number of hydrogen-bond acceptors (Lipinski definition) is 6. The number of rotatable bonds is 7. The van der Waals surface area contributed by atoms with Gasteiger partial charge in [-0.1, -0.05) is 20.3 Å². The molecule has 0 aliphatic carbocycles. The van der Waals surface area contributed by atoms with Crippen LogP contribution in [0.5, 0.6) is 0 Å². The number of unbranched alkanes of at least 4 members (excludes halogenated alkanes) is 1. The average Bonchev–Trinajstić information content (AvgIpc) is 2.97. The van der Waals surface area contributed by atoms with Gasteiger partial charge in [-0.25, -0.2) is 9.78 Å². The molecule has 0 unspecified atom stereocenters. The topological polar surface area (TPSA) is 93.9 Å². The van der Waals surface area contributed by atoms with Crippen molar-refractivity contribution in [2.24, 2.45) is 0 Å². The second-order valence-corrected chi connectivity index (χ2v) is 5.77. The maximum Gasteiger partial charge on any atom is 0.339 e. The minimum atomic E-state index is -0.366. The van der Waals surface area contributed by atoms with Gasteiger partial charge in [-0.3, -0.25) is 5.10 Å². The Hall–Kier alpha value is -2.02. The van der Waals surface area contributed by atoms with Gasteiger partial charge >= 0.3 is 5.97 Å². The van der Waals surface area contributed by atoms with Crippen LogP contribution < -0.4 is 5.73 Å². The van der Waals surface area contributed by atoms with Gasteiger partial charge in [0.25, 0.3) is 0 Å². The van der Waals surface area contributed by atoms with Crippen LogP contribution in [0.25, 0.3) is 0 Å². The fourth-order valence-electron chi connectivity index (χ4n) is 1.76. The van der Waals surface area contributed by atoms with E-state index in [0.29, 0.717) is 23.0 Å². The second-order valence-electron chi connectivity index (χ2n) is 4.77. The highest BCUT2D eigenvalue weighted by molar-refractivity contribution is 7.99. The normalized spacial score (nSPS) is 10.6. The van der Waals surface area contributed by atoms with Crippen molar-refractivity contribution in [2.75, 3.05) is 12.3 Å². The molecule has 0 saturated carbocycles. The fourth-order valence-corrected chi connectivity index (χ4v) is 2.60. The van der Waals surface area contributed by atoms with Crippen molar-refractivity contribution < 1.29 is 9.53 Å². The van der Waals surface area contributed by atoms with Crippen LogP contribution in [-0.4, -0.2) is 27.8 Å². The molecule has 3 N–H and O–H groups in total. The zero-order chi connectivity index (χ0) is 15.9. The Morgan fingerprint density at radius 2 is 2.23 bits per heavy atom. The largest absolute Gasteiger partial charge is 0.462 e. The maximum absolute atomic E-state index is 12.2. The summed E-state index contributed by atoms with van der Waals surface area (Å²) in [6.45, 7) is 4.45. The van der Waals surface area contributed by atoms with Crippen molar-refractivity contribution in [2.45, 2.75) is 43.2 Å². The molecule has 22 heavy (non-hydrogen) atoms. The van der Waals surface area contributed by atoms with Gasteiger partial charge in [-0.15, -0.1) is 5.10 Å². The summed E-state index contributed by atoms with van der Waals surface area (Å²) in [7, 11) is 0. The van der Waals surface area contributed by atoms with Gasteiger partial charge in [0.1, 0.15) is 5.82 Å². The van der Waals surface area contributed by atoms with E-state index in [9.17, 15) is 4.79 Å². The Balaban J connectivity index is 2.17. The molecule has 0 radical (unpaired) electrons. The number of aromatic amines is 1. The quantitative estimate of drug-likeness (QED) is 0.462. The molecule has 0 aliphatic heterocycles. The SMILES string of the molecule is CCCCOC(=O)c1cc(N)ccc1Sc1n[nH]c(CC)n1. The summed E-state index contributed by atoms with van der Waals surface area (Å²) < 4.78 is 5.27. The summed E-state index contributed by atoms with van der Waals surface area (Å²) in [4.78, 5) is 17.3. The number of nitrogens with two attached hydrogens (primary N) is 1. The number of nitrogens with zero attached hydrogens (tertiary/aromatic N) is 2. The predicted octanol–water partition coefficient (Wildman–Crippen LogP) is 3.06. The highest BCUT2D eigenvalue weighted by atomic mass is 32.2. The summed E-state index contributed by atoms with van der Waals surface area (Å²) in [5.41, 5.74) is 6.76. The first-order chi connectivity index (χ1) is 10.6. The monoisotopic (exact) mass is 320 g/mol. The van der Waals surface area contributed by atoms with E-state index in [-0.39, 0.29) is 5.97 Å². The lowest BCUT2D eigenvalue weighted by molar-refractivity contribution is 0.0495. The second kappa shape index (κ2) is 7.84. The molecular weight excluding hydrogens is 300 g/mol. The van der Waals surface area contributed by atoms with Crippen LogP contribution in [0.4, 0.5) is 5.69 Å². The summed E-state index contributed by atoms with van der Waals surface area (Å²) >= 11 is 1.32. The van der Waals surface area contributed by atoms with E-state index in [1.807, 2.05) is 13.8 Å². The standard InChI is InChI=1S/C15H20N4O2S/c1-3-5-8-21-14(20)11-9-10(16)6-7-12(11)22-15-17-13(4-2)18-19-15/h6-7,9H,3-5,8,16H2,1-2H3,(H,17,18,19). The molecular formula is C15H20N4O2S. The molecule has 1 aromatic heterocycles. The molecule has 0 amide bonds. The van der Waals surface area contributed by atoms with Crippen molar-refractivity contribution in [3.8, 4) is 0 Å². The van der Waals surface area contributed by atoms with Crippen molar-refractivity contribution in [1.82, 2.24) is 15.2 Å². The third-order valence-corrected chi connectivity index (χ3v) is 3.94. The van der Waals surface area contributed by atoms with E-state index in [4.69, 9.17) is 10.5 Å². The number of benzene rings is 1. The number of carbonyl (C=O) groups is 1. The molecule has 1 aromatic carbocycles. The number of H-pyrrole nitrogens is 1. The molecule has 6 nitrogen and oxygen atoms in total. The van der Waals surface area contributed by atoms with E-state index in [1.54, 1.807) is 18.2 Å². The number of nitrogens with one attached hydrogen (secondary N) is 1. The van der Waals surface area contributed by atoms with Crippen LogP contribution in [-0.2, 0) is 11.2 Å². The first-order valence-corrected chi connectivity index (χ1v) is 8.11. The number of nitrogen functional groups attached to an aromatic ring is 1. The zero-order valence-corrected chi connectivity index (χ0v) is 13.6. The lowest BCUT2D eigenvalue weighted by atomic mass is 10.2. The molecule has 0 saturated heterocycles. The molecule has 118 valence electrons. The number of anilines is 1. The van der Waals surface area contributed by atoms with Crippen molar-refractivity contribution in [1.29, 1.82) is 0 Å². The molecule has 1 heterocycles. The van der Waals surface area contributed by atoms with Gasteiger partial charge in [0.2, 0.25) is 5.16 Å². The van der Waals surface area contributed by atoms with E-state index < -0.39 is 0 Å². The van der Waals surface area contributed by atoms with Gasteiger partial charge < -0.3 is 10.5 Å². The maximum atomic E-state index is 12.2. The third-order valence-electron chi connectivity index (χ3n) is 3.00. The predicted molar refractivity (Wildman–Crippen MR) is 85.9 cm³/mol. The smallest absolute Gasteiger partial charge is 0.339 e. The summed E-state index contributed by atoms with van der Waals surface area (Å²) in [5.74, 6) is 0.444. The van der Waals surface area contributed by atoms with Gasteiger partial charge in [-0.05, 0) is 36.4 Å². The zero-order valence-electron chi connectivity index (χ0n) is 12.8. The lowest BCUT2D eigenvalue weighted by Gasteiger charge is -2.08. The van der Waals surface area contributed by atoms with Crippen LogP contribution in [0, 0.1) is 0 Å². The highest BCUT2D eigenvalue weighted by Gasteiger charge is 2.16. The molecule has 2 rings (SSSR count). The Morgan fingerprint density at radius 1 is 1.41 bits per heavy atom. The minimum absolute atomic E-state index is 0.366. The van der Waals surface area contributed by atoms with Gasteiger partial charge in [0, 0.05) is 17.0 Å². The molecule has 2 aromatic rings. The Bertz CT molecular complexity index is 642. The third kappa shape index (κ3) is 4.24. The number of aromatic nitrogens is 3. The summed E-state index contributed by atoms with van der Waals surface area (Å²) in [6.07, 6.45) is 2.60. The summed E-state index contributed by atoms with van der Waals surface area (Å²) in [6, 6.07) is 5.17. The molecule has 0 atom stereocenters. The van der Waals surface area contributed by atoms with Crippen LogP contribution >= 0.6 is 11.8 Å². The lowest BCUT2D eigenvalue weighted by Crippen LogP contribution is -2.08. The Labute approximate surface area is 133 Å². The van der Waals surface area contributed by atoms with Crippen LogP contribution in [0.15, 0.2) is 28.3 Å². The average molecular weight is 320 g/mol. The molecule has 0 fully saturated rings. The van der Waals surface area contributed by atoms with Crippen molar-refractivity contribution >= 4 is 23.4 Å². The van der Waals surface area contributed by atoms with Crippen LogP contribution in [0.1, 0.15) is 42.9 Å². The first kappa shape index (κ1) is 16.4. The fraction of sp³-hybridized carbons (Fsp3) is 0.400. The number of aryl methyl sites for hydroxylation is 1. The number of hydrogen-bond donors (Lipinski definition) is 2. The van der Waals surface area contributed by atoms with E-state index >= 15 is 0 Å². The van der Waals surface area contributed by atoms with Gasteiger partial charge in [0.15, 0.2) is 0 Å². The van der Waals surface area contributed by atoms with Crippen molar-refractivity contribution in [3.63, 3.8) is 0 Å². The summed E-state index contributed by atoms with van der Waals surface area (Å²) in [5, 5.41) is 7.55. The number of esters is 1. The van der Waals surface area contributed by atoms with Crippen LogP contribution in [0.3, 0.4) is 0 Å². The molecule has 0 spiro atoms. The highest BCUT2D eigenvalue weighted by Crippen LogP contribution is 2.30. The molecule has 0 aliphatic rings. The molecule has 0 bridgehead atoms. The number of carbonyl (C=O) groups excluding carboxylic acids is 1. The van der Waals surface area contributed by atoms with Gasteiger partial charge in [0.05, 0.1) is 12.2 Å². The van der Waals surface area contributed by atoms with E-state index in [1.165, 1.54) is 11.8 Å². The first-order valence-electron chi connectivity index (χ1n) is 7.29. The van der Waals surface area contributed by atoms with E-state index in [0.717, 1.165) is 30.0 Å². The Kier molecular flexibility index (Phi) is 5.83.